The molecule has 0 unspecified atom stereocenters. The lowest BCUT2D eigenvalue weighted by molar-refractivity contribution is 0.0566. The Balaban J connectivity index is 2.42. The molecular weight excluding hydrogens is 214 g/mol. The monoisotopic (exact) mass is 224 g/mol. The second-order valence-electron chi connectivity index (χ2n) is 3.30. The lowest BCUT2D eigenvalue weighted by atomic mass is 10.0. The van der Waals surface area contributed by atoms with E-state index in [0.717, 1.165) is 5.56 Å². The van der Waals surface area contributed by atoms with Gasteiger partial charge in [0.25, 0.3) is 0 Å². The van der Waals surface area contributed by atoms with Crippen molar-refractivity contribution in [3.05, 3.63) is 42.2 Å². The molecule has 0 amide bonds. The Morgan fingerprint density at radius 3 is 2.69 bits per heavy atom. The minimum atomic E-state index is -2.64. The molecule has 0 fully saturated rings. The van der Waals surface area contributed by atoms with Gasteiger partial charge in [0.05, 0.1) is 12.8 Å². The molecule has 5 heteroatoms. The second-order valence-corrected chi connectivity index (χ2v) is 3.30. The number of alkyl halides is 2. The minimum absolute atomic E-state index is 0.129. The first-order chi connectivity index (χ1) is 7.72. The minimum Gasteiger partial charge on any atom is -0.392 e. The number of halogens is 2. The zero-order valence-electron chi connectivity index (χ0n) is 8.35. The van der Waals surface area contributed by atoms with Gasteiger partial charge in [-0.15, -0.1) is 0 Å². The quantitative estimate of drug-likeness (QED) is 0.869. The molecule has 16 heavy (non-hydrogen) atoms. The Morgan fingerprint density at radius 1 is 1.31 bits per heavy atom. The van der Waals surface area contributed by atoms with Gasteiger partial charge in [-0.2, -0.15) is 13.9 Å². The van der Waals surface area contributed by atoms with Gasteiger partial charge in [0.1, 0.15) is 0 Å². The lowest BCUT2D eigenvalue weighted by Gasteiger charge is -2.03. The van der Waals surface area contributed by atoms with Crippen molar-refractivity contribution in [1.29, 1.82) is 0 Å². The fourth-order valence-electron chi connectivity index (χ4n) is 1.52. The summed E-state index contributed by atoms with van der Waals surface area (Å²) in [5.74, 6) is 0. The van der Waals surface area contributed by atoms with Crippen LogP contribution >= 0.6 is 0 Å². The van der Waals surface area contributed by atoms with Crippen LogP contribution in [0, 0.1) is 0 Å². The number of aromatic nitrogens is 2. The molecule has 1 heterocycles. The van der Waals surface area contributed by atoms with Crippen LogP contribution in [0.5, 0.6) is 0 Å². The molecule has 1 aromatic heterocycles. The fourth-order valence-corrected chi connectivity index (χ4v) is 1.52. The summed E-state index contributed by atoms with van der Waals surface area (Å²) >= 11 is 0. The van der Waals surface area contributed by atoms with Gasteiger partial charge in [0.15, 0.2) is 0 Å². The van der Waals surface area contributed by atoms with E-state index >= 15 is 0 Å². The van der Waals surface area contributed by atoms with Crippen LogP contribution in [0.15, 0.2) is 36.7 Å². The first kappa shape index (κ1) is 10.8. The number of hydrogen-bond acceptors (Lipinski definition) is 2. The average molecular weight is 224 g/mol. The highest BCUT2D eigenvalue weighted by Gasteiger charge is 2.10. The number of aliphatic hydroxyl groups is 1. The van der Waals surface area contributed by atoms with Gasteiger partial charge in [-0.25, -0.2) is 4.68 Å². The fraction of sp³-hybridized carbons (Fsp3) is 0.182. The van der Waals surface area contributed by atoms with Crippen molar-refractivity contribution in [2.75, 3.05) is 0 Å². The van der Waals surface area contributed by atoms with Crippen molar-refractivity contribution < 1.29 is 13.9 Å². The van der Waals surface area contributed by atoms with E-state index in [4.69, 9.17) is 5.11 Å². The first-order valence-corrected chi connectivity index (χ1v) is 4.74. The molecule has 1 N–H and O–H groups in total. The number of nitrogens with zero attached hydrogens (tertiary/aromatic N) is 2. The van der Waals surface area contributed by atoms with Crippen LogP contribution < -0.4 is 0 Å². The van der Waals surface area contributed by atoms with Crippen LogP contribution in [-0.4, -0.2) is 14.9 Å². The Bertz CT molecular complexity index is 482. The van der Waals surface area contributed by atoms with E-state index in [9.17, 15) is 8.78 Å². The Hall–Kier alpha value is -1.75. The Morgan fingerprint density at radius 2 is 2.06 bits per heavy atom. The van der Waals surface area contributed by atoms with Crippen molar-refractivity contribution in [1.82, 2.24) is 9.78 Å². The molecular formula is C11H10F2N2O. The summed E-state index contributed by atoms with van der Waals surface area (Å²) in [5, 5.41) is 12.7. The topological polar surface area (TPSA) is 38.1 Å². The molecule has 0 aliphatic carbocycles. The summed E-state index contributed by atoms with van der Waals surface area (Å²) in [6, 6.07) is 7.08. The van der Waals surface area contributed by atoms with E-state index in [-0.39, 0.29) is 6.61 Å². The molecule has 0 aliphatic rings. The first-order valence-electron chi connectivity index (χ1n) is 4.74. The smallest absolute Gasteiger partial charge is 0.333 e. The van der Waals surface area contributed by atoms with E-state index < -0.39 is 6.55 Å². The van der Waals surface area contributed by atoms with Crippen LogP contribution in [0.3, 0.4) is 0 Å². The molecule has 0 aliphatic heterocycles. The summed E-state index contributed by atoms with van der Waals surface area (Å²) in [7, 11) is 0. The van der Waals surface area contributed by atoms with Crippen molar-refractivity contribution in [2.24, 2.45) is 0 Å². The van der Waals surface area contributed by atoms with Crippen molar-refractivity contribution in [3.8, 4) is 11.1 Å². The highest BCUT2D eigenvalue weighted by molar-refractivity contribution is 5.65. The van der Waals surface area contributed by atoms with Gasteiger partial charge in [-0.1, -0.05) is 24.3 Å². The SMILES string of the molecule is OCc1ccccc1-c1cnn(C(F)F)c1. The summed E-state index contributed by atoms with van der Waals surface area (Å²) in [4.78, 5) is 0. The molecule has 2 rings (SSSR count). The van der Waals surface area contributed by atoms with Crippen LogP contribution in [0.4, 0.5) is 8.78 Å². The molecule has 0 radical (unpaired) electrons. The zero-order valence-corrected chi connectivity index (χ0v) is 8.35. The summed E-state index contributed by atoms with van der Waals surface area (Å²) < 4.78 is 25.2. The van der Waals surface area contributed by atoms with Crippen molar-refractivity contribution >= 4 is 0 Å². The third kappa shape index (κ3) is 1.94. The zero-order chi connectivity index (χ0) is 11.5. The lowest BCUT2D eigenvalue weighted by Crippen LogP contribution is -1.96. The molecule has 0 saturated heterocycles. The van der Waals surface area contributed by atoms with Crippen LogP contribution in [0.2, 0.25) is 0 Å². The van der Waals surface area contributed by atoms with E-state index in [1.165, 1.54) is 12.4 Å². The van der Waals surface area contributed by atoms with E-state index in [1.54, 1.807) is 24.3 Å². The second kappa shape index (κ2) is 4.40. The molecule has 3 nitrogen and oxygen atoms in total. The van der Waals surface area contributed by atoms with Gasteiger partial charge in [0, 0.05) is 11.8 Å². The standard InChI is InChI=1S/C11H10F2N2O/c12-11(13)15-6-9(5-14-15)10-4-2-1-3-8(10)7-16/h1-6,11,16H,7H2. The molecule has 0 spiro atoms. The van der Waals surface area contributed by atoms with Gasteiger partial charge in [-0.3, -0.25) is 0 Å². The van der Waals surface area contributed by atoms with Crippen LogP contribution in [0.25, 0.3) is 11.1 Å². The van der Waals surface area contributed by atoms with E-state index in [2.05, 4.69) is 5.10 Å². The van der Waals surface area contributed by atoms with Crippen molar-refractivity contribution in [3.63, 3.8) is 0 Å². The maximum Gasteiger partial charge on any atom is 0.333 e. The maximum atomic E-state index is 12.3. The molecule has 84 valence electrons. The highest BCUT2D eigenvalue weighted by Crippen LogP contribution is 2.24. The molecule has 1 aromatic carbocycles. The number of benzene rings is 1. The summed E-state index contributed by atoms with van der Waals surface area (Å²) in [6.07, 6.45) is 2.62. The summed E-state index contributed by atoms with van der Waals surface area (Å²) in [6.45, 7) is -2.77. The third-order valence-corrected chi connectivity index (χ3v) is 2.30. The number of aliphatic hydroxyl groups excluding tert-OH is 1. The van der Waals surface area contributed by atoms with Crippen LogP contribution in [0.1, 0.15) is 12.1 Å². The molecule has 2 aromatic rings. The third-order valence-electron chi connectivity index (χ3n) is 2.30. The van der Waals surface area contributed by atoms with Gasteiger partial charge < -0.3 is 5.11 Å². The molecule has 0 bridgehead atoms. The number of hydrogen-bond donors (Lipinski definition) is 1. The Labute approximate surface area is 91.0 Å². The highest BCUT2D eigenvalue weighted by atomic mass is 19.3. The normalized spacial score (nSPS) is 11.0. The van der Waals surface area contributed by atoms with Gasteiger partial charge in [-0.05, 0) is 11.1 Å². The van der Waals surface area contributed by atoms with E-state index in [1.807, 2.05) is 0 Å². The predicted molar refractivity (Wildman–Crippen MR) is 54.8 cm³/mol. The largest absolute Gasteiger partial charge is 0.392 e. The van der Waals surface area contributed by atoms with Crippen molar-refractivity contribution in [2.45, 2.75) is 13.2 Å². The van der Waals surface area contributed by atoms with Crippen LogP contribution in [-0.2, 0) is 6.61 Å². The van der Waals surface area contributed by atoms with Gasteiger partial charge >= 0.3 is 6.55 Å². The predicted octanol–water partition coefficient (Wildman–Crippen LogP) is 2.44. The number of rotatable bonds is 3. The molecule has 0 saturated carbocycles. The summed E-state index contributed by atoms with van der Waals surface area (Å²) in [5.41, 5.74) is 1.98. The maximum absolute atomic E-state index is 12.3. The average Bonchev–Trinajstić information content (AvgIpc) is 2.78. The Kier molecular flexibility index (Phi) is 2.96. The van der Waals surface area contributed by atoms with E-state index in [0.29, 0.717) is 15.8 Å². The molecule has 0 atom stereocenters. The van der Waals surface area contributed by atoms with Gasteiger partial charge in [0.2, 0.25) is 0 Å².